The second-order valence-electron chi connectivity index (χ2n) is 4.40. The molecule has 0 bridgehead atoms. The Kier molecular flexibility index (Phi) is 2.73. The highest BCUT2D eigenvalue weighted by Gasteiger charge is 2.54. The lowest BCUT2D eigenvalue weighted by Gasteiger charge is -2.11. The van der Waals surface area contributed by atoms with Gasteiger partial charge in [-0.25, -0.2) is 0 Å². The van der Waals surface area contributed by atoms with Crippen molar-refractivity contribution in [2.75, 3.05) is 14.2 Å². The summed E-state index contributed by atoms with van der Waals surface area (Å²) in [5.74, 6) is 0.859. The van der Waals surface area contributed by atoms with Gasteiger partial charge >= 0.3 is 0 Å². The zero-order valence-electron chi connectivity index (χ0n) is 10.4. The fourth-order valence-corrected chi connectivity index (χ4v) is 2.20. The number of hydrogen-bond acceptors (Lipinski definition) is 3. The van der Waals surface area contributed by atoms with E-state index in [2.05, 4.69) is 0 Å². The van der Waals surface area contributed by atoms with Gasteiger partial charge in [0, 0.05) is 7.11 Å². The third-order valence-corrected chi connectivity index (χ3v) is 3.34. The maximum atomic E-state index is 5.81. The Hall–Kier alpha value is -1.58. The third-order valence-electron chi connectivity index (χ3n) is 3.34. The first-order chi connectivity index (χ1) is 8.77. The summed E-state index contributed by atoms with van der Waals surface area (Å²) in [5.41, 5.74) is 0.877. The Balaban J connectivity index is 1.75. The van der Waals surface area contributed by atoms with Crippen molar-refractivity contribution in [1.82, 2.24) is 0 Å². The predicted molar refractivity (Wildman–Crippen MR) is 68.1 cm³/mol. The summed E-state index contributed by atoms with van der Waals surface area (Å²) >= 11 is 0. The predicted octanol–water partition coefficient (Wildman–Crippen LogP) is 2.81. The molecule has 1 heterocycles. The molecule has 1 unspecified atom stereocenters. The van der Waals surface area contributed by atoms with Crippen molar-refractivity contribution < 1.29 is 14.2 Å². The highest BCUT2D eigenvalue weighted by Crippen LogP contribution is 2.53. The van der Waals surface area contributed by atoms with Crippen molar-refractivity contribution in [3.05, 3.63) is 60.2 Å². The van der Waals surface area contributed by atoms with E-state index in [1.165, 1.54) is 0 Å². The van der Waals surface area contributed by atoms with Crippen molar-refractivity contribution in [3.63, 3.8) is 0 Å². The highest BCUT2D eigenvalue weighted by molar-refractivity contribution is 5.43. The molecule has 1 spiro atoms. The van der Waals surface area contributed by atoms with E-state index in [9.17, 15) is 0 Å². The van der Waals surface area contributed by atoms with E-state index >= 15 is 0 Å². The Morgan fingerprint density at radius 1 is 1.00 bits per heavy atom. The molecular weight excluding hydrogens is 228 g/mol. The van der Waals surface area contributed by atoms with Crippen LogP contribution in [0.2, 0.25) is 0 Å². The molecule has 1 fully saturated rings. The molecule has 18 heavy (non-hydrogen) atoms. The standard InChI is InChI=1S/C15H15O3/c1-16-12-5-3-11(4-6-12)14-15(18-14)9-7-13(17-2)8-10-15/h3-10,14H,1-2H3. The highest BCUT2D eigenvalue weighted by atomic mass is 16.6. The molecule has 1 radical (unpaired) electrons. The Bertz CT molecular complexity index is 473. The van der Waals surface area contributed by atoms with Crippen molar-refractivity contribution >= 4 is 0 Å². The summed E-state index contributed by atoms with van der Waals surface area (Å²) in [7, 11) is 3.33. The fraction of sp³-hybridized carbons (Fsp3) is 0.267. The van der Waals surface area contributed by atoms with Crippen molar-refractivity contribution in [3.8, 4) is 5.75 Å². The molecule has 1 aliphatic carbocycles. The minimum atomic E-state index is -0.281. The van der Waals surface area contributed by atoms with Gasteiger partial charge in [0.2, 0.25) is 0 Å². The largest absolute Gasteiger partial charge is 0.497 e. The maximum absolute atomic E-state index is 5.81. The third kappa shape index (κ3) is 1.85. The number of rotatable bonds is 3. The molecule has 3 rings (SSSR count). The van der Waals surface area contributed by atoms with Crippen LogP contribution in [0.15, 0.2) is 48.6 Å². The molecule has 0 aromatic heterocycles. The number of benzene rings is 1. The second-order valence-corrected chi connectivity index (χ2v) is 4.40. The van der Waals surface area contributed by atoms with Crippen LogP contribution in [0.5, 0.6) is 5.75 Å². The average Bonchev–Trinajstić information content (AvgIpc) is 3.14. The van der Waals surface area contributed by atoms with E-state index in [0.29, 0.717) is 0 Å². The summed E-state index contributed by atoms with van der Waals surface area (Å²) in [6, 6.07) is 7.98. The molecule has 1 atom stereocenters. The summed E-state index contributed by atoms with van der Waals surface area (Å²) in [6.07, 6.45) is 8.92. The zero-order chi connectivity index (χ0) is 12.6. The molecule has 3 heteroatoms. The normalized spacial score (nSPS) is 24.4. The van der Waals surface area contributed by atoms with E-state index in [0.717, 1.165) is 17.4 Å². The lowest BCUT2D eigenvalue weighted by molar-refractivity contribution is 0.253. The minimum Gasteiger partial charge on any atom is -0.497 e. The van der Waals surface area contributed by atoms with Gasteiger partial charge < -0.3 is 14.2 Å². The monoisotopic (exact) mass is 243 g/mol. The molecular formula is C15H15O3. The van der Waals surface area contributed by atoms with Crippen LogP contribution < -0.4 is 4.74 Å². The number of epoxide rings is 1. The SMILES string of the molecule is CO[C]1C=CC2(C=C1)OC2c1ccc(OC)cc1. The number of methoxy groups -OCH3 is 2. The molecule has 0 amide bonds. The molecule has 93 valence electrons. The maximum Gasteiger partial charge on any atom is 0.140 e. The summed E-state index contributed by atoms with van der Waals surface area (Å²) in [4.78, 5) is 0. The first-order valence-corrected chi connectivity index (χ1v) is 5.88. The van der Waals surface area contributed by atoms with E-state index in [-0.39, 0.29) is 11.7 Å². The second kappa shape index (κ2) is 4.26. The molecule has 1 saturated heterocycles. The van der Waals surface area contributed by atoms with Crippen molar-refractivity contribution in [1.29, 1.82) is 0 Å². The lowest BCUT2D eigenvalue weighted by atomic mass is 9.94. The molecule has 3 nitrogen and oxygen atoms in total. The van der Waals surface area contributed by atoms with Gasteiger partial charge in [0.15, 0.2) is 0 Å². The Morgan fingerprint density at radius 3 is 2.22 bits per heavy atom. The topological polar surface area (TPSA) is 31.0 Å². The molecule has 2 aliphatic rings. The van der Waals surface area contributed by atoms with Crippen LogP contribution in [-0.2, 0) is 9.47 Å². The van der Waals surface area contributed by atoms with Crippen LogP contribution in [0.1, 0.15) is 11.7 Å². The Labute approximate surface area is 107 Å². The summed E-state index contributed by atoms with van der Waals surface area (Å²) in [5, 5.41) is 0. The number of hydrogen-bond donors (Lipinski definition) is 0. The van der Waals surface area contributed by atoms with Crippen LogP contribution in [0.25, 0.3) is 0 Å². The summed E-state index contributed by atoms with van der Waals surface area (Å²) in [6.45, 7) is 0. The lowest BCUT2D eigenvalue weighted by Crippen LogP contribution is -2.10. The molecule has 0 N–H and O–H groups in total. The average molecular weight is 243 g/mol. The van der Waals surface area contributed by atoms with Crippen LogP contribution >= 0.6 is 0 Å². The van der Waals surface area contributed by atoms with Crippen molar-refractivity contribution in [2.24, 2.45) is 0 Å². The Morgan fingerprint density at radius 2 is 1.67 bits per heavy atom. The smallest absolute Gasteiger partial charge is 0.140 e. The minimum absolute atomic E-state index is 0.0920. The molecule has 1 aromatic rings. The van der Waals surface area contributed by atoms with Crippen LogP contribution in [0.3, 0.4) is 0 Å². The van der Waals surface area contributed by atoms with E-state index < -0.39 is 0 Å². The van der Waals surface area contributed by atoms with Gasteiger partial charge in [-0.2, -0.15) is 0 Å². The van der Waals surface area contributed by atoms with Gasteiger partial charge in [0.05, 0.1) is 7.11 Å². The molecule has 1 aliphatic heterocycles. The quantitative estimate of drug-likeness (QED) is 0.765. The van der Waals surface area contributed by atoms with Crippen molar-refractivity contribution in [2.45, 2.75) is 11.7 Å². The first kappa shape index (κ1) is 11.5. The van der Waals surface area contributed by atoms with Gasteiger partial charge in [-0.05, 0) is 42.0 Å². The van der Waals surface area contributed by atoms with Gasteiger partial charge in [-0.15, -0.1) is 0 Å². The number of ether oxygens (including phenoxy) is 3. The fourth-order valence-electron chi connectivity index (χ4n) is 2.20. The van der Waals surface area contributed by atoms with E-state index in [1.54, 1.807) is 14.2 Å². The molecule has 1 aromatic carbocycles. The van der Waals surface area contributed by atoms with E-state index in [1.807, 2.05) is 48.6 Å². The molecule has 0 saturated carbocycles. The van der Waals surface area contributed by atoms with Crippen LogP contribution in [-0.4, -0.2) is 19.8 Å². The van der Waals surface area contributed by atoms with Gasteiger partial charge in [0.25, 0.3) is 0 Å². The van der Waals surface area contributed by atoms with Gasteiger partial charge in [-0.1, -0.05) is 12.1 Å². The van der Waals surface area contributed by atoms with Crippen LogP contribution in [0.4, 0.5) is 0 Å². The zero-order valence-corrected chi connectivity index (χ0v) is 10.4. The summed E-state index contributed by atoms with van der Waals surface area (Å²) < 4.78 is 16.1. The van der Waals surface area contributed by atoms with Gasteiger partial charge in [0.1, 0.15) is 23.6 Å². The van der Waals surface area contributed by atoms with E-state index in [4.69, 9.17) is 14.2 Å². The first-order valence-electron chi connectivity index (χ1n) is 5.88. The van der Waals surface area contributed by atoms with Crippen LogP contribution in [0, 0.1) is 6.10 Å². The van der Waals surface area contributed by atoms with Gasteiger partial charge in [-0.3, -0.25) is 0 Å².